The molecule has 0 bridgehead atoms. The summed E-state index contributed by atoms with van der Waals surface area (Å²) in [6, 6.07) is 0. The van der Waals surface area contributed by atoms with Crippen molar-refractivity contribution in [2.75, 3.05) is 46.3 Å². The fourth-order valence-electron chi connectivity index (χ4n) is 2.42. The van der Waals surface area contributed by atoms with E-state index in [0.717, 1.165) is 0 Å². The lowest BCUT2D eigenvalue weighted by molar-refractivity contribution is -0.0812. The molecule has 2 aliphatic heterocycles. The molecule has 0 N–H and O–H groups in total. The lowest BCUT2D eigenvalue weighted by Crippen LogP contribution is -2.64. The van der Waals surface area contributed by atoms with E-state index in [4.69, 9.17) is 0 Å². The normalized spacial score (nSPS) is 27.6. The van der Waals surface area contributed by atoms with Crippen molar-refractivity contribution >= 4 is 0 Å². The quantitative estimate of drug-likeness (QED) is 0.644. The second-order valence-corrected chi connectivity index (χ2v) is 5.13. The van der Waals surface area contributed by atoms with Crippen molar-refractivity contribution in [3.8, 4) is 0 Å². The Morgan fingerprint density at radius 2 is 1.29 bits per heavy atom. The Morgan fingerprint density at radius 3 is 1.71 bits per heavy atom. The smallest absolute Gasteiger partial charge is 0.0680 e. The van der Waals surface area contributed by atoms with Crippen LogP contribution in [0.4, 0.5) is 0 Å². The van der Waals surface area contributed by atoms with Gasteiger partial charge in [0.05, 0.1) is 5.66 Å². The number of hydrogen-bond acceptors (Lipinski definition) is 3. The molecule has 0 radical (unpaired) electrons. The van der Waals surface area contributed by atoms with Gasteiger partial charge in [0, 0.05) is 39.3 Å². The molecule has 0 aromatic heterocycles. The highest BCUT2D eigenvalue weighted by Crippen LogP contribution is 2.25. The molecule has 14 heavy (non-hydrogen) atoms. The highest BCUT2D eigenvalue weighted by atomic mass is 15.4. The maximum Gasteiger partial charge on any atom is 0.0680 e. The van der Waals surface area contributed by atoms with Gasteiger partial charge in [-0.1, -0.05) is 0 Å². The van der Waals surface area contributed by atoms with Crippen LogP contribution in [0.2, 0.25) is 0 Å². The van der Waals surface area contributed by atoms with E-state index in [1.54, 1.807) is 0 Å². The van der Waals surface area contributed by atoms with Crippen molar-refractivity contribution in [3.05, 3.63) is 0 Å². The van der Waals surface area contributed by atoms with Gasteiger partial charge in [-0.3, -0.25) is 9.80 Å². The molecule has 0 saturated carbocycles. The molecule has 2 rings (SSSR count). The number of likely N-dealkylation sites (tertiary alicyclic amines) is 1. The van der Waals surface area contributed by atoms with Crippen LogP contribution < -0.4 is 0 Å². The zero-order valence-corrected chi connectivity index (χ0v) is 9.79. The first-order chi connectivity index (χ1) is 6.60. The second kappa shape index (κ2) is 3.80. The van der Waals surface area contributed by atoms with Crippen LogP contribution in [0, 0.1) is 0 Å². The standard InChI is InChI=1S/C11H23N3/c1-11(2,13-5-4-6-13)14-9-7-12(3)8-10-14/h4-10H2,1-3H3. The molecule has 3 nitrogen and oxygen atoms in total. The summed E-state index contributed by atoms with van der Waals surface area (Å²) < 4.78 is 0. The Balaban J connectivity index is 1.92. The lowest BCUT2D eigenvalue weighted by atomic mass is 10.0. The molecule has 2 saturated heterocycles. The van der Waals surface area contributed by atoms with E-state index < -0.39 is 0 Å². The van der Waals surface area contributed by atoms with E-state index in [1.165, 1.54) is 45.7 Å². The second-order valence-electron chi connectivity index (χ2n) is 5.13. The average molecular weight is 197 g/mol. The van der Waals surface area contributed by atoms with Crippen molar-refractivity contribution in [3.63, 3.8) is 0 Å². The summed E-state index contributed by atoms with van der Waals surface area (Å²) in [6.07, 6.45) is 1.39. The summed E-state index contributed by atoms with van der Waals surface area (Å²) >= 11 is 0. The van der Waals surface area contributed by atoms with E-state index in [0.29, 0.717) is 5.66 Å². The largest absolute Gasteiger partial charge is 0.304 e. The van der Waals surface area contributed by atoms with Crippen LogP contribution in [0.5, 0.6) is 0 Å². The first-order valence-corrected chi connectivity index (χ1v) is 5.79. The van der Waals surface area contributed by atoms with E-state index >= 15 is 0 Å². The molecular formula is C11H23N3. The predicted octanol–water partition coefficient (Wildman–Crippen LogP) is 0.676. The van der Waals surface area contributed by atoms with Gasteiger partial charge < -0.3 is 4.90 Å². The van der Waals surface area contributed by atoms with Crippen molar-refractivity contribution in [2.45, 2.75) is 25.9 Å². The SMILES string of the molecule is CN1CCN(C(C)(C)N2CCC2)CC1. The monoisotopic (exact) mass is 197 g/mol. The number of rotatable bonds is 2. The summed E-state index contributed by atoms with van der Waals surface area (Å²) in [5.41, 5.74) is 0.291. The molecule has 0 aromatic rings. The Labute approximate surface area is 87.7 Å². The third-order valence-electron chi connectivity index (χ3n) is 3.91. The maximum absolute atomic E-state index is 2.63. The maximum atomic E-state index is 2.63. The molecule has 2 heterocycles. The van der Waals surface area contributed by atoms with Gasteiger partial charge in [-0.15, -0.1) is 0 Å². The third kappa shape index (κ3) is 1.81. The first kappa shape index (κ1) is 10.4. The summed E-state index contributed by atoms with van der Waals surface area (Å²) in [4.78, 5) is 7.65. The molecule has 0 amide bonds. The fraction of sp³-hybridized carbons (Fsp3) is 1.00. The molecule has 0 aromatic carbocycles. The summed E-state index contributed by atoms with van der Waals surface area (Å²) in [5, 5.41) is 0. The molecular weight excluding hydrogens is 174 g/mol. The number of piperazine rings is 1. The molecule has 2 aliphatic rings. The Hall–Kier alpha value is -0.120. The zero-order chi connectivity index (χ0) is 10.2. The van der Waals surface area contributed by atoms with Crippen LogP contribution in [0.15, 0.2) is 0 Å². The van der Waals surface area contributed by atoms with Gasteiger partial charge in [-0.2, -0.15) is 0 Å². The van der Waals surface area contributed by atoms with E-state index in [-0.39, 0.29) is 0 Å². The average Bonchev–Trinajstić information content (AvgIpc) is 2.00. The van der Waals surface area contributed by atoms with Gasteiger partial charge in [-0.05, 0) is 27.3 Å². The summed E-state index contributed by atoms with van der Waals surface area (Å²) in [6.45, 7) is 12.2. The Bertz CT molecular complexity index is 191. The minimum Gasteiger partial charge on any atom is -0.304 e. The van der Waals surface area contributed by atoms with Gasteiger partial charge >= 0.3 is 0 Å². The molecule has 0 atom stereocenters. The molecule has 3 heteroatoms. The Morgan fingerprint density at radius 1 is 0.786 bits per heavy atom. The molecule has 82 valence electrons. The van der Waals surface area contributed by atoms with Gasteiger partial charge in [0.1, 0.15) is 0 Å². The summed E-state index contributed by atoms with van der Waals surface area (Å²) in [7, 11) is 2.22. The highest BCUT2D eigenvalue weighted by molar-refractivity contribution is 4.89. The van der Waals surface area contributed by atoms with Crippen molar-refractivity contribution in [1.29, 1.82) is 0 Å². The van der Waals surface area contributed by atoms with Crippen LogP contribution in [-0.2, 0) is 0 Å². The van der Waals surface area contributed by atoms with E-state index in [9.17, 15) is 0 Å². The van der Waals surface area contributed by atoms with E-state index in [1.807, 2.05) is 0 Å². The third-order valence-corrected chi connectivity index (χ3v) is 3.91. The minimum absolute atomic E-state index is 0.291. The van der Waals surface area contributed by atoms with Crippen LogP contribution in [0.3, 0.4) is 0 Å². The lowest BCUT2D eigenvalue weighted by Gasteiger charge is -2.52. The molecule has 2 fully saturated rings. The first-order valence-electron chi connectivity index (χ1n) is 5.79. The van der Waals surface area contributed by atoms with E-state index in [2.05, 4.69) is 35.6 Å². The Kier molecular flexibility index (Phi) is 2.82. The predicted molar refractivity (Wildman–Crippen MR) is 59.3 cm³/mol. The van der Waals surface area contributed by atoms with Gasteiger partial charge in [0.25, 0.3) is 0 Å². The van der Waals surface area contributed by atoms with Crippen LogP contribution >= 0.6 is 0 Å². The highest BCUT2D eigenvalue weighted by Gasteiger charge is 2.37. The van der Waals surface area contributed by atoms with Crippen LogP contribution in [0.1, 0.15) is 20.3 Å². The molecule has 0 spiro atoms. The molecule has 0 unspecified atom stereocenters. The van der Waals surface area contributed by atoms with Crippen molar-refractivity contribution in [2.24, 2.45) is 0 Å². The van der Waals surface area contributed by atoms with Crippen LogP contribution in [0.25, 0.3) is 0 Å². The minimum atomic E-state index is 0.291. The van der Waals surface area contributed by atoms with Crippen LogP contribution in [-0.4, -0.2) is 66.7 Å². The number of nitrogens with zero attached hydrogens (tertiary/aromatic N) is 3. The summed E-state index contributed by atoms with van der Waals surface area (Å²) in [5.74, 6) is 0. The zero-order valence-electron chi connectivity index (χ0n) is 9.79. The van der Waals surface area contributed by atoms with Crippen molar-refractivity contribution < 1.29 is 0 Å². The van der Waals surface area contributed by atoms with Crippen molar-refractivity contribution in [1.82, 2.24) is 14.7 Å². The van der Waals surface area contributed by atoms with Gasteiger partial charge in [0.2, 0.25) is 0 Å². The van der Waals surface area contributed by atoms with Gasteiger partial charge in [-0.25, -0.2) is 0 Å². The number of likely N-dealkylation sites (N-methyl/N-ethyl adjacent to an activating group) is 1. The fourth-order valence-corrected chi connectivity index (χ4v) is 2.42. The molecule has 0 aliphatic carbocycles. The van der Waals surface area contributed by atoms with Gasteiger partial charge in [0.15, 0.2) is 0 Å². The topological polar surface area (TPSA) is 9.72 Å². The number of hydrogen-bond donors (Lipinski definition) is 0.